The topological polar surface area (TPSA) is 108 Å². The van der Waals surface area contributed by atoms with E-state index in [-0.39, 0.29) is 37.9 Å². The van der Waals surface area contributed by atoms with E-state index >= 15 is 0 Å². The van der Waals surface area contributed by atoms with Gasteiger partial charge in [-0.1, -0.05) is 11.8 Å². The van der Waals surface area contributed by atoms with E-state index in [1.54, 1.807) is 0 Å². The molecule has 11 heteroatoms. The van der Waals surface area contributed by atoms with Crippen molar-refractivity contribution in [3.63, 3.8) is 0 Å². The van der Waals surface area contributed by atoms with E-state index in [4.69, 9.17) is 50.7 Å². The monoisotopic (exact) mass is 494 g/mol. The molecule has 0 saturated carbocycles. The van der Waals surface area contributed by atoms with Gasteiger partial charge in [0.2, 0.25) is 0 Å². The van der Waals surface area contributed by atoms with Crippen molar-refractivity contribution in [2.45, 2.75) is 0 Å². The summed E-state index contributed by atoms with van der Waals surface area (Å²) in [7, 11) is -3.23. The molecular weight excluding hydrogens is 456 g/mol. The second-order valence-electron chi connectivity index (χ2n) is 6.34. The first-order valence-corrected chi connectivity index (χ1v) is 12.6. The molecule has 0 N–H and O–H groups in total. The van der Waals surface area contributed by atoms with Crippen LogP contribution < -0.4 is 0 Å². The van der Waals surface area contributed by atoms with Gasteiger partial charge in [0, 0.05) is 0 Å². The molecule has 0 saturated heterocycles. The van der Waals surface area contributed by atoms with E-state index in [1.807, 2.05) is 0 Å². The number of sulfone groups is 1. The van der Waals surface area contributed by atoms with Gasteiger partial charge in [0.15, 0.2) is 9.84 Å². The lowest BCUT2D eigenvalue weighted by atomic mass is 10.7. The Morgan fingerprint density at radius 2 is 0.667 bits per heavy atom. The van der Waals surface area contributed by atoms with Crippen LogP contribution in [0.2, 0.25) is 0 Å². The van der Waals surface area contributed by atoms with Crippen molar-refractivity contribution in [1.29, 1.82) is 0 Å². The predicted molar refractivity (Wildman–Crippen MR) is 123 cm³/mol. The van der Waals surface area contributed by atoms with Crippen LogP contribution >= 0.6 is 0 Å². The fraction of sp³-hybridized carbons (Fsp3) is 0.818. The molecule has 192 valence electrons. The first-order valence-electron chi connectivity index (χ1n) is 10.8. The van der Waals surface area contributed by atoms with Gasteiger partial charge in [-0.05, 0) is 0 Å². The summed E-state index contributed by atoms with van der Waals surface area (Å²) in [5, 5.41) is 0. The Hall–Kier alpha value is -1.25. The summed E-state index contributed by atoms with van der Waals surface area (Å²) < 4.78 is 65.8. The number of rotatable bonds is 26. The zero-order valence-corrected chi connectivity index (χ0v) is 20.2. The molecule has 0 amide bonds. The van der Waals surface area contributed by atoms with Gasteiger partial charge in [-0.15, -0.1) is 12.8 Å². The minimum absolute atomic E-state index is 0.0595. The molecule has 0 heterocycles. The molecule has 0 aliphatic heterocycles. The number of terminal acetylenes is 2. The van der Waals surface area contributed by atoms with Crippen LogP contribution in [0.4, 0.5) is 0 Å². The van der Waals surface area contributed by atoms with Crippen LogP contribution in [0.15, 0.2) is 0 Å². The van der Waals surface area contributed by atoms with Crippen molar-refractivity contribution >= 4 is 9.84 Å². The lowest BCUT2D eigenvalue weighted by molar-refractivity contribution is 0.00260. The molecule has 0 rings (SSSR count). The van der Waals surface area contributed by atoms with Gasteiger partial charge in [0.05, 0.1) is 104 Å². The van der Waals surface area contributed by atoms with Gasteiger partial charge in [-0.2, -0.15) is 0 Å². The van der Waals surface area contributed by atoms with E-state index in [9.17, 15) is 8.42 Å². The Morgan fingerprint density at radius 1 is 0.424 bits per heavy atom. The molecule has 0 spiro atoms. The van der Waals surface area contributed by atoms with Crippen LogP contribution in [0.25, 0.3) is 0 Å². The molecule has 0 atom stereocenters. The van der Waals surface area contributed by atoms with Crippen LogP contribution in [0.5, 0.6) is 0 Å². The highest BCUT2D eigenvalue weighted by Gasteiger charge is 2.10. The molecule has 0 aromatic rings. The Morgan fingerprint density at radius 3 is 0.939 bits per heavy atom. The molecule has 0 aliphatic carbocycles. The summed E-state index contributed by atoms with van der Waals surface area (Å²) in [6.07, 6.45) is 10.1. The zero-order valence-electron chi connectivity index (χ0n) is 19.4. The average Bonchev–Trinajstić information content (AvgIpc) is 2.80. The van der Waals surface area contributed by atoms with Crippen LogP contribution in [0.3, 0.4) is 0 Å². The summed E-state index contributed by atoms with van der Waals surface area (Å²) in [6, 6.07) is 0. The van der Waals surface area contributed by atoms with Crippen LogP contribution in [0.1, 0.15) is 0 Å². The number of hydrogen-bond acceptors (Lipinski definition) is 10. The van der Waals surface area contributed by atoms with Gasteiger partial charge in [0.25, 0.3) is 0 Å². The highest BCUT2D eigenvalue weighted by Crippen LogP contribution is 1.93. The Labute approximate surface area is 198 Å². The minimum atomic E-state index is -3.23. The zero-order chi connectivity index (χ0) is 24.3. The SMILES string of the molecule is C#CCOCCOCCOCCOCCS(=O)(=O)CCOCCOCCOCCOCC#C. The van der Waals surface area contributed by atoms with Gasteiger partial charge in [-0.3, -0.25) is 0 Å². The van der Waals surface area contributed by atoms with E-state index < -0.39 is 9.84 Å². The molecule has 10 nitrogen and oxygen atoms in total. The number of hydrogen-bond donors (Lipinski definition) is 0. The van der Waals surface area contributed by atoms with Crippen LogP contribution in [-0.2, 0) is 47.7 Å². The fourth-order valence-electron chi connectivity index (χ4n) is 2.06. The molecular formula is C22H38O10S. The van der Waals surface area contributed by atoms with E-state index in [2.05, 4.69) is 11.8 Å². The van der Waals surface area contributed by atoms with Crippen molar-refractivity contribution in [3.05, 3.63) is 0 Å². The van der Waals surface area contributed by atoms with Gasteiger partial charge in [-0.25, -0.2) is 8.42 Å². The largest absolute Gasteiger partial charge is 0.378 e. The maximum Gasteiger partial charge on any atom is 0.154 e. The second-order valence-corrected chi connectivity index (χ2v) is 8.64. The van der Waals surface area contributed by atoms with Gasteiger partial charge >= 0.3 is 0 Å². The third-order valence-corrected chi connectivity index (χ3v) is 5.26. The Bertz CT molecular complexity index is 551. The summed E-state index contributed by atoms with van der Waals surface area (Å²) >= 11 is 0. The smallest absolute Gasteiger partial charge is 0.154 e. The van der Waals surface area contributed by atoms with Crippen molar-refractivity contribution in [2.75, 3.05) is 117 Å². The lowest BCUT2D eigenvalue weighted by Gasteiger charge is -2.08. The quantitative estimate of drug-likeness (QED) is 0.118. The molecule has 33 heavy (non-hydrogen) atoms. The molecule has 0 aliphatic rings. The summed E-state index contributed by atoms with van der Waals surface area (Å²) in [6.45, 7) is 5.68. The standard InChI is InChI=1S/C22H38O10S/c1-3-5-25-7-9-27-11-13-29-15-17-31-19-21-33(23,24)22-20-32-18-16-30-14-12-28-10-8-26-6-4-2/h1-2H,5-22H2. The highest BCUT2D eigenvalue weighted by atomic mass is 32.2. The lowest BCUT2D eigenvalue weighted by Crippen LogP contribution is -2.21. The normalized spacial score (nSPS) is 11.3. The van der Waals surface area contributed by atoms with E-state index in [0.717, 1.165) is 0 Å². The fourth-order valence-corrected chi connectivity index (χ4v) is 3.00. The third kappa shape index (κ3) is 26.9. The summed E-state index contributed by atoms with van der Waals surface area (Å²) in [5.74, 6) is 4.62. The van der Waals surface area contributed by atoms with E-state index in [1.165, 1.54) is 0 Å². The summed E-state index contributed by atoms with van der Waals surface area (Å²) in [5.41, 5.74) is 0. The third-order valence-electron chi connectivity index (χ3n) is 3.68. The first kappa shape index (κ1) is 31.8. The van der Waals surface area contributed by atoms with E-state index in [0.29, 0.717) is 79.3 Å². The summed E-state index contributed by atoms with van der Waals surface area (Å²) in [4.78, 5) is 0. The molecule has 0 bridgehead atoms. The van der Waals surface area contributed by atoms with Crippen molar-refractivity contribution in [3.8, 4) is 24.7 Å². The molecule has 0 radical (unpaired) electrons. The highest BCUT2D eigenvalue weighted by molar-refractivity contribution is 7.91. The molecule has 0 aromatic carbocycles. The number of ether oxygens (including phenoxy) is 8. The average molecular weight is 495 g/mol. The Balaban J connectivity index is 3.32. The molecule has 0 fully saturated rings. The van der Waals surface area contributed by atoms with Crippen LogP contribution in [-0.4, -0.2) is 126 Å². The van der Waals surface area contributed by atoms with Crippen molar-refractivity contribution in [1.82, 2.24) is 0 Å². The van der Waals surface area contributed by atoms with Crippen LogP contribution in [0, 0.1) is 24.7 Å². The van der Waals surface area contributed by atoms with Gasteiger partial charge in [0.1, 0.15) is 13.2 Å². The Kier molecular flexibility index (Phi) is 24.4. The molecule has 0 aromatic heterocycles. The first-order chi connectivity index (χ1) is 16.1. The van der Waals surface area contributed by atoms with Gasteiger partial charge < -0.3 is 37.9 Å². The predicted octanol–water partition coefficient (Wildman–Crippen LogP) is -0.200. The minimum Gasteiger partial charge on any atom is -0.378 e. The maximum atomic E-state index is 11.9. The second kappa shape index (κ2) is 25.4. The maximum absolute atomic E-state index is 11.9. The molecule has 0 unspecified atom stereocenters. The van der Waals surface area contributed by atoms with Crippen molar-refractivity contribution in [2.24, 2.45) is 0 Å². The van der Waals surface area contributed by atoms with Crippen molar-refractivity contribution < 1.29 is 46.3 Å².